The number of ether oxygens (including phenoxy) is 2. The molecular weight excluding hydrogens is 432 g/mol. The molecule has 2 N–H and O–H groups in total. The molecule has 9 nitrogen and oxygen atoms in total. The number of benzene rings is 2. The number of thioether (sulfide) groups is 1. The van der Waals surface area contributed by atoms with Crippen LogP contribution >= 0.6 is 11.8 Å². The number of urea groups is 1. The van der Waals surface area contributed by atoms with Crippen LogP contribution in [0.4, 0.5) is 10.5 Å². The summed E-state index contributed by atoms with van der Waals surface area (Å²) in [6.45, 7) is 1.99. The molecule has 0 spiro atoms. The summed E-state index contributed by atoms with van der Waals surface area (Å²) in [5, 5.41) is 14.2. The highest BCUT2D eigenvalue weighted by Gasteiger charge is 2.49. The second kappa shape index (κ2) is 8.80. The van der Waals surface area contributed by atoms with Crippen molar-refractivity contribution < 1.29 is 23.9 Å². The minimum Gasteiger partial charge on any atom is -0.486 e. The smallest absolute Gasteiger partial charge is 0.325 e. The molecule has 0 saturated carbocycles. The summed E-state index contributed by atoms with van der Waals surface area (Å²) in [5.74, 6) is 0.240. The first-order chi connectivity index (χ1) is 15.4. The van der Waals surface area contributed by atoms with E-state index in [0.717, 1.165) is 9.80 Å². The van der Waals surface area contributed by atoms with Crippen molar-refractivity contribution in [2.75, 3.05) is 30.8 Å². The normalized spacial score (nSPS) is 19.3. The summed E-state index contributed by atoms with van der Waals surface area (Å²) in [6.07, 6.45) is 0. The molecule has 0 aromatic heterocycles. The minimum absolute atomic E-state index is 0.230. The fraction of sp³-hybridized carbons (Fsp3) is 0.273. The maximum absolute atomic E-state index is 13.2. The lowest BCUT2D eigenvalue weighted by Crippen LogP contribution is -2.42. The Labute approximate surface area is 188 Å². The van der Waals surface area contributed by atoms with Gasteiger partial charge in [-0.15, -0.1) is 11.8 Å². The molecule has 2 aromatic carbocycles. The van der Waals surface area contributed by atoms with E-state index in [1.807, 2.05) is 6.07 Å². The molecule has 1 fully saturated rings. The number of fused-ring (bicyclic) bond motifs is 1. The van der Waals surface area contributed by atoms with Gasteiger partial charge in [0.1, 0.15) is 25.3 Å². The largest absolute Gasteiger partial charge is 0.486 e. The highest BCUT2D eigenvalue weighted by atomic mass is 32.2. The molecular formula is C22H20N4O5S. The molecule has 1 atom stereocenters. The number of amides is 4. The van der Waals surface area contributed by atoms with Crippen molar-refractivity contribution >= 4 is 35.3 Å². The van der Waals surface area contributed by atoms with E-state index in [0.29, 0.717) is 36.0 Å². The monoisotopic (exact) mass is 452 g/mol. The lowest BCUT2D eigenvalue weighted by molar-refractivity contribution is -0.133. The van der Waals surface area contributed by atoms with E-state index in [1.165, 1.54) is 11.8 Å². The van der Waals surface area contributed by atoms with Crippen LogP contribution < -0.4 is 20.1 Å². The van der Waals surface area contributed by atoms with E-state index in [4.69, 9.17) is 14.7 Å². The number of para-hydroxylation sites is 1. The summed E-state index contributed by atoms with van der Waals surface area (Å²) in [4.78, 5) is 40.0. The third-order valence-corrected chi connectivity index (χ3v) is 6.09. The Hall–Kier alpha value is -3.71. The summed E-state index contributed by atoms with van der Waals surface area (Å²) in [7, 11) is 0. The molecule has 164 valence electrons. The fourth-order valence-electron chi connectivity index (χ4n) is 3.53. The number of nitrogens with zero attached hydrogens (tertiary/aromatic N) is 2. The standard InChI is InChI=1S/C22H20N4O5S/c1-22(14-6-7-16-17(12-14)31-10-9-30-16)20(28)26(21(29)25-22)13-19(27)24-15-4-2-3-5-18(15)32-11-8-23/h2-7,12H,9-11,13H2,1H3,(H,24,27)(H,25,29)/t22-/m0/s1. The number of rotatable bonds is 6. The molecule has 4 rings (SSSR count). The van der Waals surface area contributed by atoms with Gasteiger partial charge >= 0.3 is 6.03 Å². The Balaban J connectivity index is 1.49. The predicted octanol–water partition coefficient (Wildman–Crippen LogP) is 2.48. The zero-order valence-corrected chi connectivity index (χ0v) is 18.0. The molecule has 0 radical (unpaired) electrons. The predicted molar refractivity (Wildman–Crippen MR) is 116 cm³/mol. The first kappa shape index (κ1) is 21.5. The Morgan fingerprint density at radius 1 is 1.22 bits per heavy atom. The van der Waals surface area contributed by atoms with E-state index < -0.39 is 29.9 Å². The number of imide groups is 1. The molecule has 2 aliphatic heterocycles. The zero-order chi connectivity index (χ0) is 22.7. The van der Waals surface area contributed by atoms with E-state index in [9.17, 15) is 14.4 Å². The Morgan fingerprint density at radius 3 is 2.75 bits per heavy atom. The van der Waals surface area contributed by atoms with Crippen LogP contribution in [0.1, 0.15) is 12.5 Å². The van der Waals surface area contributed by atoms with Gasteiger partial charge in [-0.25, -0.2) is 4.79 Å². The molecule has 0 bridgehead atoms. The highest BCUT2D eigenvalue weighted by molar-refractivity contribution is 7.99. The lowest BCUT2D eigenvalue weighted by atomic mass is 9.91. The lowest BCUT2D eigenvalue weighted by Gasteiger charge is -2.25. The molecule has 4 amide bonds. The van der Waals surface area contributed by atoms with Crippen LogP contribution in [0.5, 0.6) is 11.5 Å². The number of anilines is 1. The van der Waals surface area contributed by atoms with Gasteiger partial charge in [0.2, 0.25) is 5.91 Å². The van der Waals surface area contributed by atoms with Crippen molar-refractivity contribution in [3.05, 3.63) is 48.0 Å². The fourth-order valence-corrected chi connectivity index (χ4v) is 4.20. The van der Waals surface area contributed by atoms with E-state index in [-0.39, 0.29) is 5.75 Å². The van der Waals surface area contributed by atoms with Crippen molar-refractivity contribution in [2.24, 2.45) is 0 Å². The second-order valence-electron chi connectivity index (χ2n) is 7.30. The van der Waals surface area contributed by atoms with Crippen LogP contribution in [0.3, 0.4) is 0 Å². The first-order valence-electron chi connectivity index (χ1n) is 9.85. The molecule has 10 heteroatoms. The van der Waals surface area contributed by atoms with Gasteiger partial charge in [0.25, 0.3) is 5.91 Å². The van der Waals surface area contributed by atoms with Gasteiger partial charge < -0.3 is 20.1 Å². The third kappa shape index (κ3) is 4.07. The number of hydrogen-bond donors (Lipinski definition) is 2. The zero-order valence-electron chi connectivity index (χ0n) is 17.2. The van der Waals surface area contributed by atoms with Crippen LogP contribution in [0, 0.1) is 11.3 Å². The minimum atomic E-state index is -1.34. The number of carbonyl (C=O) groups is 3. The maximum Gasteiger partial charge on any atom is 0.325 e. The molecule has 0 aliphatic carbocycles. The van der Waals surface area contributed by atoms with Crippen LogP contribution in [-0.4, -0.2) is 48.3 Å². The quantitative estimate of drug-likeness (QED) is 0.510. The molecule has 2 aromatic rings. The van der Waals surface area contributed by atoms with Gasteiger partial charge in [0.05, 0.1) is 17.5 Å². The SMILES string of the molecule is C[C@@]1(c2ccc3c(c2)OCCO3)NC(=O)N(CC(=O)Nc2ccccc2SCC#N)C1=O. The van der Waals surface area contributed by atoms with Crippen LogP contribution in [0.2, 0.25) is 0 Å². The summed E-state index contributed by atoms with van der Waals surface area (Å²) < 4.78 is 11.1. The van der Waals surface area contributed by atoms with Crippen molar-refractivity contribution in [3.63, 3.8) is 0 Å². The van der Waals surface area contributed by atoms with Crippen LogP contribution in [-0.2, 0) is 15.1 Å². The number of nitrogens with one attached hydrogen (secondary N) is 2. The van der Waals surface area contributed by atoms with Crippen molar-refractivity contribution in [1.82, 2.24) is 10.2 Å². The van der Waals surface area contributed by atoms with Crippen LogP contribution in [0.25, 0.3) is 0 Å². The average Bonchev–Trinajstić information content (AvgIpc) is 3.02. The van der Waals surface area contributed by atoms with Gasteiger partial charge in [0, 0.05) is 4.90 Å². The Kier molecular flexibility index (Phi) is 5.92. The molecule has 1 saturated heterocycles. The second-order valence-corrected chi connectivity index (χ2v) is 8.31. The van der Waals surface area contributed by atoms with Crippen molar-refractivity contribution in [3.8, 4) is 17.6 Å². The summed E-state index contributed by atoms with van der Waals surface area (Å²) in [6, 6.07) is 13.5. The molecule has 0 unspecified atom stereocenters. The highest BCUT2D eigenvalue weighted by Crippen LogP contribution is 2.37. The summed E-state index contributed by atoms with van der Waals surface area (Å²) in [5.41, 5.74) is -0.297. The van der Waals surface area contributed by atoms with E-state index in [1.54, 1.807) is 49.4 Å². The molecule has 2 heterocycles. The third-order valence-electron chi connectivity index (χ3n) is 5.15. The Bertz CT molecular complexity index is 1130. The average molecular weight is 452 g/mol. The van der Waals surface area contributed by atoms with Gasteiger partial charge in [-0.1, -0.05) is 18.2 Å². The van der Waals surface area contributed by atoms with Gasteiger partial charge in [-0.2, -0.15) is 5.26 Å². The van der Waals surface area contributed by atoms with Gasteiger partial charge in [0.15, 0.2) is 11.5 Å². The number of carbonyl (C=O) groups excluding carboxylic acids is 3. The maximum atomic E-state index is 13.2. The van der Waals surface area contributed by atoms with E-state index in [2.05, 4.69) is 10.6 Å². The number of hydrogen-bond acceptors (Lipinski definition) is 7. The molecule has 2 aliphatic rings. The first-order valence-corrected chi connectivity index (χ1v) is 10.8. The Morgan fingerprint density at radius 2 is 1.97 bits per heavy atom. The van der Waals surface area contributed by atoms with Gasteiger partial charge in [-0.05, 0) is 36.8 Å². The van der Waals surface area contributed by atoms with Crippen molar-refractivity contribution in [1.29, 1.82) is 5.26 Å². The molecule has 32 heavy (non-hydrogen) atoms. The van der Waals surface area contributed by atoms with Crippen LogP contribution in [0.15, 0.2) is 47.4 Å². The van der Waals surface area contributed by atoms with Crippen molar-refractivity contribution in [2.45, 2.75) is 17.4 Å². The number of nitriles is 1. The summed E-state index contributed by atoms with van der Waals surface area (Å²) >= 11 is 1.28. The van der Waals surface area contributed by atoms with E-state index >= 15 is 0 Å². The topological polar surface area (TPSA) is 121 Å². The van der Waals surface area contributed by atoms with Gasteiger partial charge in [-0.3, -0.25) is 14.5 Å².